The predicted octanol–water partition coefficient (Wildman–Crippen LogP) is 2.86. The first-order valence-corrected chi connectivity index (χ1v) is 9.02. The van der Waals surface area contributed by atoms with Crippen molar-refractivity contribution in [3.63, 3.8) is 0 Å². The van der Waals surface area contributed by atoms with E-state index in [4.69, 9.17) is 0 Å². The third kappa shape index (κ3) is 4.38. The maximum atomic E-state index is 13.0. The first-order valence-electron chi connectivity index (χ1n) is 9.02. The maximum Gasteiger partial charge on any atom is 0.190 e. The molecule has 26 heavy (non-hydrogen) atoms. The molecule has 0 atom stereocenters. The summed E-state index contributed by atoms with van der Waals surface area (Å²) in [5.41, 5.74) is 2.69. The van der Waals surface area contributed by atoms with Gasteiger partial charge >= 0.3 is 0 Å². The van der Waals surface area contributed by atoms with E-state index in [2.05, 4.69) is 14.9 Å². The van der Waals surface area contributed by atoms with Gasteiger partial charge in [-0.25, -0.2) is 4.39 Å². The van der Waals surface area contributed by atoms with Gasteiger partial charge in [-0.1, -0.05) is 12.1 Å². The topological polar surface area (TPSA) is 41.4 Å². The molecule has 1 aromatic carbocycles. The lowest BCUT2D eigenvalue weighted by atomic mass is 10.1. The zero-order valence-electron chi connectivity index (χ0n) is 15.4. The molecule has 5 nitrogen and oxygen atoms in total. The molecule has 0 unspecified atom stereocenters. The van der Waals surface area contributed by atoms with E-state index in [1.165, 1.54) is 12.1 Å². The summed E-state index contributed by atoms with van der Waals surface area (Å²) in [6.45, 7) is 9.11. The number of carbonyl (C=O) groups excluding carboxylic acids is 1. The fourth-order valence-electron chi connectivity index (χ4n) is 3.19. The molecule has 138 valence electrons. The van der Waals surface area contributed by atoms with Crippen LogP contribution in [0.1, 0.15) is 28.5 Å². The third-order valence-corrected chi connectivity index (χ3v) is 4.83. The fourth-order valence-corrected chi connectivity index (χ4v) is 3.19. The molecule has 0 aliphatic carbocycles. The van der Waals surface area contributed by atoms with Gasteiger partial charge in [-0.15, -0.1) is 0 Å². The molecule has 1 fully saturated rings. The number of halogens is 1. The SMILES string of the molecule is CCn1ncc(C(=O)/C=C/N2CCN(Cc3ccc(F)cc3)CC2)c1C. The molecule has 1 aliphatic rings. The normalized spacial score (nSPS) is 15.7. The van der Waals surface area contributed by atoms with Gasteiger partial charge in [-0.2, -0.15) is 5.10 Å². The van der Waals surface area contributed by atoms with E-state index in [0.29, 0.717) is 5.56 Å². The van der Waals surface area contributed by atoms with Gasteiger partial charge in [0.1, 0.15) is 5.82 Å². The highest BCUT2D eigenvalue weighted by Crippen LogP contribution is 2.12. The van der Waals surface area contributed by atoms with Crippen LogP contribution < -0.4 is 0 Å². The summed E-state index contributed by atoms with van der Waals surface area (Å²) >= 11 is 0. The molecule has 0 amide bonds. The van der Waals surface area contributed by atoms with E-state index in [1.807, 2.05) is 36.9 Å². The Bertz CT molecular complexity index is 774. The second-order valence-corrected chi connectivity index (χ2v) is 6.58. The van der Waals surface area contributed by atoms with Crippen LogP contribution >= 0.6 is 0 Å². The van der Waals surface area contributed by atoms with Crippen LogP contribution in [0.25, 0.3) is 0 Å². The molecule has 2 heterocycles. The Labute approximate surface area is 153 Å². The molecular formula is C20H25FN4O. The van der Waals surface area contributed by atoms with Crippen molar-refractivity contribution in [3.05, 3.63) is 65.4 Å². The number of rotatable bonds is 6. The number of carbonyl (C=O) groups is 1. The van der Waals surface area contributed by atoms with Crippen LogP contribution in [-0.2, 0) is 13.1 Å². The fraction of sp³-hybridized carbons (Fsp3) is 0.400. The molecule has 1 aromatic heterocycles. The molecule has 2 aromatic rings. The van der Waals surface area contributed by atoms with Crippen LogP contribution in [-0.4, -0.2) is 51.5 Å². The summed E-state index contributed by atoms with van der Waals surface area (Å²) in [5.74, 6) is -0.205. The number of nitrogens with zero attached hydrogens (tertiary/aromatic N) is 4. The zero-order chi connectivity index (χ0) is 18.5. The number of ketones is 1. The summed E-state index contributed by atoms with van der Waals surface area (Å²) in [6.07, 6.45) is 5.17. The van der Waals surface area contributed by atoms with Crippen LogP contribution in [0, 0.1) is 12.7 Å². The summed E-state index contributed by atoms with van der Waals surface area (Å²) < 4.78 is 14.8. The van der Waals surface area contributed by atoms with Gasteiger partial charge in [0.05, 0.1) is 11.8 Å². The number of aromatic nitrogens is 2. The molecule has 0 saturated carbocycles. The Balaban J connectivity index is 1.50. The van der Waals surface area contributed by atoms with E-state index >= 15 is 0 Å². The van der Waals surface area contributed by atoms with E-state index in [1.54, 1.807) is 12.3 Å². The van der Waals surface area contributed by atoms with E-state index in [-0.39, 0.29) is 11.6 Å². The van der Waals surface area contributed by atoms with Crippen molar-refractivity contribution in [2.24, 2.45) is 0 Å². The van der Waals surface area contributed by atoms with Gasteiger partial charge in [0.25, 0.3) is 0 Å². The number of allylic oxidation sites excluding steroid dienone is 1. The molecule has 1 saturated heterocycles. The Morgan fingerprint density at radius 3 is 2.50 bits per heavy atom. The molecule has 6 heteroatoms. The van der Waals surface area contributed by atoms with E-state index < -0.39 is 0 Å². The average molecular weight is 356 g/mol. The van der Waals surface area contributed by atoms with Crippen molar-refractivity contribution < 1.29 is 9.18 Å². The lowest BCUT2D eigenvalue weighted by Crippen LogP contribution is -2.43. The maximum absolute atomic E-state index is 13.0. The number of hydrogen-bond donors (Lipinski definition) is 0. The van der Waals surface area contributed by atoms with Gasteiger partial charge in [-0.05, 0) is 31.5 Å². The summed E-state index contributed by atoms with van der Waals surface area (Å²) in [5, 5.41) is 4.22. The standard InChI is InChI=1S/C20H25FN4O/c1-3-25-16(2)19(14-22-25)20(26)8-9-23-10-12-24(13-11-23)15-17-4-6-18(21)7-5-17/h4-9,14H,3,10-13,15H2,1-2H3/b9-8+. The quantitative estimate of drug-likeness (QED) is 0.590. The van der Waals surface area contributed by atoms with Crippen molar-refractivity contribution in [3.8, 4) is 0 Å². The van der Waals surface area contributed by atoms with E-state index in [9.17, 15) is 9.18 Å². The van der Waals surface area contributed by atoms with Crippen molar-refractivity contribution in [1.29, 1.82) is 0 Å². The summed E-state index contributed by atoms with van der Waals surface area (Å²) in [7, 11) is 0. The lowest BCUT2D eigenvalue weighted by molar-refractivity contribution is 0.104. The van der Waals surface area contributed by atoms with Crippen molar-refractivity contribution in [1.82, 2.24) is 19.6 Å². The highest BCUT2D eigenvalue weighted by atomic mass is 19.1. The highest BCUT2D eigenvalue weighted by Gasteiger charge is 2.16. The Hall–Kier alpha value is -2.47. The molecule has 3 rings (SSSR count). The van der Waals surface area contributed by atoms with Crippen molar-refractivity contribution in [2.45, 2.75) is 26.9 Å². The Kier molecular flexibility index (Phi) is 5.83. The molecule has 0 radical (unpaired) electrons. The van der Waals surface area contributed by atoms with Crippen molar-refractivity contribution in [2.75, 3.05) is 26.2 Å². The second-order valence-electron chi connectivity index (χ2n) is 6.58. The van der Waals surface area contributed by atoms with Gasteiger partial charge in [0.15, 0.2) is 5.78 Å². The van der Waals surface area contributed by atoms with Crippen LogP contribution in [0.4, 0.5) is 4.39 Å². The Morgan fingerprint density at radius 1 is 1.19 bits per heavy atom. The molecule has 0 bridgehead atoms. The van der Waals surface area contributed by atoms with Crippen LogP contribution in [0.15, 0.2) is 42.7 Å². The molecule has 1 aliphatic heterocycles. The van der Waals surface area contributed by atoms with Crippen molar-refractivity contribution >= 4 is 5.78 Å². The van der Waals surface area contributed by atoms with Gasteiger partial charge < -0.3 is 4.90 Å². The van der Waals surface area contributed by atoms with Gasteiger partial charge in [0, 0.05) is 57.2 Å². The van der Waals surface area contributed by atoms with Crippen LogP contribution in [0.2, 0.25) is 0 Å². The second kappa shape index (κ2) is 8.27. The lowest BCUT2D eigenvalue weighted by Gasteiger charge is -2.34. The molecule has 0 N–H and O–H groups in total. The van der Waals surface area contributed by atoms with Crippen LogP contribution in [0.5, 0.6) is 0 Å². The minimum Gasteiger partial charge on any atom is -0.375 e. The zero-order valence-corrected chi connectivity index (χ0v) is 15.4. The smallest absolute Gasteiger partial charge is 0.190 e. The van der Waals surface area contributed by atoms with Crippen LogP contribution in [0.3, 0.4) is 0 Å². The highest BCUT2D eigenvalue weighted by molar-refractivity contribution is 6.05. The largest absolute Gasteiger partial charge is 0.375 e. The van der Waals surface area contributed by atoms with Gasteiger partial charge in [-0.3, -0.25) is 14.4 Å². The predicted molar refractivity (Wildman–Crippen MR) is 99.4 cm³/mol. The first kappa shape index (κ1) is 18.3. The number of aryl methyl sites for hydroxylation is 1. The Morgan fingerprint density at radius 2 is 1.88 bits per heavy atom. The number of hydrogen-bond acceptors (Lipinski definition) is 4. The van der Waals surface area contributed by atoms with Gasteiger partial charge in [0.2, 0.25) is 0 Å². The summed E-state index contributed by atoms with van der Waals surface area (Å²) in [4.78, 5) is 16.9. The average Bonchev–Trinajstić information content (AvgIpc) is 3.03. The number of piperazine rings is 1. The first-order chi connectivity index (χ1) is 12.6. The van der Waals surface area contributed by atoms with E-state index in [0.717, 1.165) is 50.5 Å². The summed E-state index contributed by atoms with van der Waals surface area (Å²) in [6, 6.07) is 6.67. The molecule has 0 spiro atoms. The molecular weight excluding hydrogens is 331 g/mol. The monoisotopic (exact) mass is 356 g/mol. The number of benzene rings is 1. The third-order valence-electron chi connectivity index (χ3n) is 4.83. The minimum atomic E-state index is -0.201. The minimum absolute atomic E-state index is 0.00376.